The number of rotatable bonds is 36. The average Bonchev–Trinajstić information content (AvgIpc) is 1.57. The van der Waals surface area contributed by atoms with Crippen LogP contribution in [0.4, 0.5) is 5.69 Å². The first kappa shape index (κ1) is 68.5. The highest BCUT2D eigenvalue weighted by molar-refractivity contribution is 6.24. The summed E-state index contributed by atoms with van der Waals surface area (Å²) >= 11 is 0. The van der Waals surface area contributed by atoms with E-state index in [0.29, 0.717) is 136 Å². The van der Waals surface area contributed by atoms with Crippen LogP contribution >= 0.6 is 0 Å². The number of fused-ring (bicyclic) bond motifs is 1. The molecule has 3 fully saturated rings. The largest absolute Gasteiger partial charge is 0.493 e. The van der Waals surface area contributed by atoms with Gasteiger partial charge >= 0.3 is 0 Å². The summed E-state index contributed by atoms with van der Waals surface area (Å²) in [5.74, 6) is -2.52. The molecule has 24 nitrogen and oxygen atoms in total. The van der Waals surface area contributed by atoms with Crippen LogP contribution in [0.1, 0.15) is 111 Å². The van der Waals surface area contributed by atoms with Gasteiger partial charge < -0.3 is 63.3 Å². The van der Waals surface area contributed by atoms with Gasteiger partial charge in [0.05, 0.1) is 103 Å². The second-order valence-corrected chi connectivity index (χ2v) is 22.6. The zero-order valence-electron chi connectivity index (χ0n) is 52.5. The number of carbonyl (C=O) groups excluding carboxylic acids is 7. The lowest BCUT2D eigenvalue weighted by Crippen LogP contribution is -2.54. The maximum absolute atomic E-state index is 14.0. The Morgan fingerprint density at radius 1 is 0.689 bits per heavy atom. The van der Waals surface area contributed by atoms with Crippen molar-refractivity contribution in [3.8, 4) is 16.9 Å². The van der Waals surface area contributed by atoms with Crippen molar-refractivity contribution in [2.75, 3.05) is 143 Å². The molecule has 1 unspecified atom stereocenters. The Labute approximate surface area is 525 Å². The highest BCUT2D eigenvalue weighted by Crippen LogP contribution is 2.36. The number of ether oxygens (including phenoxy) is 8. The molecule has 3 saturated heterocycles. The number of pyridine rings is 1. The standard InChI is InChI=1S/C66H88N8O16/c1-5-73(51-16-26-83-27-17-51)56-42-50(41-53(47(56)4)62(78)68-43-54-45(2)40-46(3)69-63(54)79)49-12-10-48(11-13-49)44-71-21-23-72(24-22-71)60(77)19-29-85-31-33-87-35-37-89-39-38-88-36-34-86-32-30-84-28-18-58(75)67-20-7-25-90-57-9-6-8-52-61(57)66(82)74(65(52)81)55-14-15-59(76)70-64(55)80/h6,8-13,40-42,51,55H,5,7,14-39,43-44H2,1-4H3,(H,67,75)(H,68,78)(H,69,79)(H,70,76,80). The van der Waals surface area contributed by atoms with Crippen molar-refractivity contribution < 1.29 is 71.5 Å². The number of imide groups is 2. The molecular formula is C66H88N8O16. The van der Waals surface area contributed by atoms with E-state index in [0.717, 1.165) is 83.1 Å². The fraction of sp³-hybridized carbons (Fsp3) is 0.545. The fourth-order valence-corrected chi connectivity index (χ4v) is 11.5. The lowest BCUT2D eigenvalue weighted by atomic mass is 9.94. The fourth-order valence-electron chi connectivity index (χ4n) is 11.5. The molecule has 8 rings (SSSR count). The molecule has 3 aromatic carbocycles. The lowest BCUT2D eigenvalue weighted by molar-refractivity contribution is -0.136. The van der Waals surface area contributed by atoms with Crippen LogP contribution in [0.25, 0.3) is 11.1 Å². The number of anilines is 1. The van der Waals surface area contributed by atoms with Crippen LogP contribution in [0.5, 0.6) is 5.75 Å². The third-order valence-electron chi connectivity index (χ3n) is 16.4. The number of aromatic nitrogens is 1. The number of nitrogens with one attached hydrogen (secondary N) is 4. The second-order valence-electron chi connectivity index (χ2n) is 22.6. The van der Waals surface area contributed by atoms with E-state index in [1.54, 1.807) is 12.1 Å². The van der Waals surface area contributed by atoms with Gasteiger partial charge in [-0.25, -0.2) is 0 Å². The van der Waals surface area contributed by atoms with E-state index in [-0.39, 0.29) is 79.2 Å². The highest BCUT2D eigenvalue weighted by atomic mass is 16.6. The van der Waals surface area contributed by atoms with Crippen LogP contribution in [-0.4, -0.2) is 211 Å². The zero-order valence-corrected chi connectivity index (χ0v) is 52.5. The second kappa shape index (κ2) is 35.3. The lowest BCUT2D eigenvalue weighted by Gasteiger charge is -2.37. The average molecular weight is 1250 g/mol. The first-order valence-electron chi connectivity index (χ1n) is 31.5. The normalized spacial score (nSPS) is 16.3. The number of benzene rings is 3. The molecular weight excluding hydrogens is 1160 g/mol. The molecule has 4 aliphatic heterocycles. The third-order valence-corrected chi connectivity index (χ3v) is 16.4. The Bertz CT molecular complexity index is 3140. The first-order valence-corrected chi connectivity index (χ1v) is 31.5. The molecule has 5 heterocycles. The van der Waals surface area contributed by atoms with Gasteiger partial charge in [0, 0.05) is 107 Å². The predicted molar refractivity (Wildman–Crippen MR) is 333 cm³/mol. The van der Waals surface area contributed by atoms with Gasteiger partial charge in [0.15, 0.2) is 0 Å². The molecule has 90 heavy (non-hydrogen) atoms. The Balaban J connectivity index is 0.603. The van der Waals surface area contributed by atoms with E-state index in [1.807, 2.05) is 37.8 Å². The summed E-state index contributed by atoms with van der Waals surface area (Å²) in [6, 6.07) is 18.5. The van der Waals surface area contributed by atoms with Gasteiger partial charge in [-0.2, -0.15) is 0 Å². The molecule has 0 spiro atoms. The molecule has 1 aromatic heterocycles. The summed E-state index contributed by atoms with van der Waals surface area (Å²) in [5.41, 5.74) is 7.79. The molecule has 488 valence electrons. The van der Waals surface area contributed by atoms with Crippen LogP contribution in [0.3, 0.4) is 0 Å². The van der Waals surface area contributed by atoms with Crippen molar-refractivity contribution in [2.24, 2.45) is 0 Å². The number of aryl methyl sites for hydroxylation is 2. The van der Waals surface area contributed by atoms with Gasteiger partial charge in [-0.3, -0.25) is 53.5 Å². The van der Waals surface area contributed by atoms with Crippen LogP contribution < -0.4 is 31.1 Å². The number of hydrogen-bond donors (Lipinski definition) is 4. The zero-order chi connectivity index (χ0) is 63.8. The van der Waals surface area contributed by atoms with Gasteiger partial charge in [0.2, 0.25) is 23.6 Å². The highest BCUT2D eigenvalue weighted by Gasteiger charge is 2.46. The molecule has 4 aliphatic rings. The Hall–Kier alpha value is -7.42. The molecule has 7 amide bonds. The van der Waals surface area contributed by atoms with Crippen molar-refractivity contribution in [1.82, 2.24) is 35.6 Å². The van der Waals surface area contributed by atoms with Gasteiger partial charge in [0.1, 0.15) is 11.8 Å². The summed E-state index contributed by atoms with van der Waals surface area (Å²) in [6.45, 7) is 18.7. The number of H-pyrrole nitrogens is 1. The third kappa shape index (κ3) is 19.5. The molecule has 0 bridgehead atoms. The quantitative estimate of drug-likeness (QED) is 0.0363. The Morgan fingerprint density at radius 2 is 1.32 bits per heavy atom. The van der Waals surface area contributed by atoms with Crippen molar-refractivity contribution >= 4 is 47.0 Å². The predicted octanol–water partition coefficient (Wildman–Crippen LogP) is 4.41. The monoisotopic (exact) mass is 1250 g/mol. The number of amides is 7. The van der Waals surface area contributed by atoms with Gasteiger partial charge in [-0.15, -0.1) is 0 Å². The maximum atomic E-state index is 14.0. The topological polar surface area (TPSA) is 275 Å². The van der Waals surface area contributed by atoms with E-state index >= 15 is 0 Å². The first-order chi connectivity index (χ1) is 43.7. The van der Waals surface area contributed by atoms with Gasteiger partial charge in [-0.1, -0.05) is 30.3 Å². The summed E-state index contributed by atoms with van der Waals surface area (Å²) in [6.07, 6.45) is 2.82. The van der Waals surface area contributed by atoms with Crippen molar-refractivity contribution in [1.29, 1.82) is 0 Å². The van der Waals surface area contributed by atoms with E-state index in [1.165, 1.54) is 6.07 Å². The molecule has 0 radical (unpaired) electrons. The number of carbonyl (C=O) groups is 7. The van der Waals surface area contributed by atoms with Crippen LogP contribution in [-0.2, 0) is 65.4 Å². The molecule has 0 saturated carbocycles. The summed E-state index contributed by atoms with van der Waals surface area (Å²) in [4.78, 5) is 113. The maximum Gasteiger partial charge on any atom is 0.266 e. The smallest absolute Gasteiger partial charge is 0.266 e. The molecule has 4 aromatic rings. The molecule has 0 aliphatic carbocycles. The number of aromatic amines is 1. The summed E-state index contributed by atoms with van der Waals surface area (Å²) in [7, 11) is 0. The minimum absolute atomic E-state index is 0.0280. The Kier molecular flexibility index (Phi) is 26.8. The van der Waals surface area contributed by atoms with E-state index < -0.39 is 29.7 Å². The van der Waals surface area contributed by atoms with Crippen LogP contribution in [0, 0.1) is 20.8 Å². The van der Waals surface area contributed by atoms with Gasteiger partial charge in [0.25, 0.3) is 23.3 Å². The van der Waals surface area contributed by atoms with Crippen molar-refractivity contribution in [3.63, 3.8) is 0 Å². The molecule has 1 atom stereocenters. The van der Waals surface area contributed by atoms with Crippen LogP contribution in [0.2, 0.25) is 0 Å². The number of hydrogen-bond acceptors (Lipinski definition) is 18. The Morgan fingerprint density at radius 3 is 1.94 bits per heavy atom. The summed E-state index contributed by atoms with van der Waals surface area (Å²) in [5, 5.41) is 8.02. The number of piperidine rings is 1. The SMILES string of the molecule is CCN(c1cc(-c2ccc(CN3CCN(C(=O)CCOCCOCCOCCOCCOCCOCCC(=O)NCCCOc4cccc5c4C(=O)N(C4CCC(=O)NC4=O)C5=O)CC3)cc2)cc(C(=O)NCc2c(C)cc(C)[nH]c2=O)c1C)C1CCOCC1. The van der Waals surface area contributed by atoms with E-state index in [2.05, 4.69) is 68.0 Å². The van der Waals surface area contributed by atoms with E-state index in [4.69, 9.17) is 37.9 Å². The molecule has 4 N–H and O–H groups in total. The number of piperazine rings is 1. The van der Waals surface area contributed by atoms with Crippen LogP contribution in [0.15, 0.2) is 65.5 Å². The van der Waals surface area contributed by atoms with E-state index in [9.17, 15) is 38.4 Å². The van der Waals surface area contributed by atoms with Crippen molar-refractivity contribution in [2.45, 2.75) is 97.8 Å². The minimum atomic E-state index is -1.07. The molecule has 24 heteroatoms. The number of nitrogens with zero attached hydrogens (tertiary/aromatic N) is 4. The van der Waals surface area contributed by atoms with Crippen molar-refractivity contribution in [3.05, 3.63) is 116 Å². The summed E-state index contributed by atoms with van der Waals surface area (Å²) < 4.78 is 45.0. The minimum Gasteiger partial charge on any atom is -0.493 e. The van der Waals surface area contributed by atoms with Gasteiger partial charge in [-0.05, 0) is 112 Å².